The molecule has 0 bridgehead atoms. The lowest BCUT2D eigenvalue weighted by atomic mass is 9.97. The summed E-state index contributed by atoms with van der Waals surface area (Å²) in [7, 11) is 0. The minimum Gasteiger partial charge on any atom is -0.370 e. The molecule has 1 aromatic heterocycles. The van der Waals surface area contributed by atoms with Gasteiger partial charge in [-0.15, -0.1) is 0 Å². The first-order valence-corrected chi connectivity index (χ1v) is 7.35. The van der Waals surface area contributed by atoms with Crippen LogP contribution in [0.3, 0.4) is 0 Å². The number of fused-ring (bicyclic) bond motifs is 1. The summed E-state index contributed by atoms with van der Waals surface area (Å²) >= 11 is 0. The second-order valence-corrected chi connectivity index (χ2v) is 5.74. The van der Waals surface area contributed by atoms with E-state index in [2.05, 4.69) is 35.0 Å². The van der Waals surface area contributed by atoms with Gasteiger partial charge in [0.1, 0.15) is 5.82 Å². The van der Waals surface area contributed by atoms with E-state index in [1.165, 1.54) is 6.07 Å². The van der Waals surface area contributed by atoms with Crippen molar-refractivity contribution in [2.24, 2.45) is 5.92 Å². The Balaban J connectivity index is 1.75. The normalized spacial score (nSPS) is 24.5. The van der Waals surface area contributed by atoms with E-state index in [4.69, 9.17) is 0 Å². The van der Waals surface area contributed by atoms with Crippen molar-refractivity contribution in [1.82, 2.24) is 15.8 Å². The Hall–Kier alpha value is -2.25. The molecule has 2 unspecified atom stereocenters. The predicted octanol–water partition coefficient (Wildman–Crippen LogP) is 2.06. The summed E-state index contributed by atoms with van der Waals surface area (Å²) in [5.41, 5.74) is 7.29. The highest BCUT2D eigenvalue weighted by Crippen LogP contribution is 2.22. The van der Waals surface area contributed by atoms with Gasteiger partial charge in [0.15, 0.2) is 0 Å². The SMILES string of the molecule is CC1NNC(C)C1CNc1ccc2cc([N+](=O)[O-])ccc2n1. The fourth-order valence-corrected chi connectivity index (χ4v) is 2.81. The van der Waals surface area contributed by atoms with Crippen LogP contribution in [0, 0.1) is 16.0 Å². The Labute approximate surface area is 128 Å². The summed E-state index contributed by atoms with van der Waals surface area (Å²) in [5.74, 6) is 1.25. The fourth-order valence-electron chi connectivity index (χ4n) is 2.81. The van der Waals surface area contributed by atoms with E-state index in [0.29, 0.717) is 18.0 Å². The van der Waals surface area contributed by atoms with E-state index in [1.54, 1.807) is 12.1 Å². The molecule has 1 fully saturated rings. The van der Waals surface area contributed by atoms with Crippen LogP contribution in [0.2, 0.25) is 0 Å². The molecule has 1 aliphatic heterocycles. The van der Waals surface area contributed by atoms with Crippen LogP contribution in [-0.2, 0) is 0 Å². The number of nitrogens with one attached hydrogen (secondary N) is 3. The highest BCUT2D eigenvalue weighted by molar-refractivity contribution is 5.82. The molecule has 2 aromatic rings. The van der Waals surface area contributed by atoms with Gasteiger partial charge in [-0.05, 0) is 32.0 Å². The Morgan fingerprint density at radius 1 is 1.23 bits per heavy atom. The number of benzene rings is 1. The first-order chi connectivity index (χ1) is 10.5. The van der Waals surface area contributed by atoms with Crippen LogP contribution in [0.1, 0.15) is 13.8 Å². The number of pyridine rings is 1. The predicted molar refractivity (Wildman–Crippen MR) is 85.6 cm³/mol. The maximum atomic E-state index is 10.8. The molecular weight excluding hydrogens is 282 g/mol. The third-order valence-corrected chi connectivity index (χ3v) is 4.23. The molecule has 7 nitrogen and oxygen atoms in total. The molecule has 22 heavy (non-hydrogen) atoms. The molecule has 2 atom stereocenters. The third-order valence-electron chi connectivity index (χ3n) is 4.23. The van der Waals surface area contributed by atoms with Crippen LogP contribution in [-0.4, -0.2) is 28.5 Å². The van der Waals surface area contributed by atoms with Gasteiger partial charge < -0.3 is 5.32 Å². The van der Waals surface area contributed by atoms with E-state index >= 15 is 0 Å². The fraction of sp³-hybridized carbons (Fsp3) is 0.400. The van der Waals surface area contributed by atoms with E-state index in [-0.39, 0.29) is 5.69 Å². The number of non-ortho nitro benzene ring substituents is 1. The molecule has 2 heterocycles. The van der Waals surface area contributed by atoms with Gasteiger partial charge in [-0.25, -0.2) is 4.98 Å². The number of hydrogen-bond acceptors (Lipinski definition) is 6. The number of nitro benzene ring substituents is 1. The quantitative estimate of drug-likeness (QED) is 0.591. The van der Waals surface area contributed by atoms with Gasteiger partial charge >= 0.3 is 0 Å². The highest BCUT2D eigenvalue weighted by atomic mass is 16.6. The molecule has 1 aromatic carbocycles. The zero-order valence-corrected chi connectivity index (χ0v) is 12.5. The zero-order valence-electron chi connectivity index (χ0n) is 12.5. The van der Waals surface area contributed by atoms with Crippen LogP contribution in [0.5, 0.6) is 0 Å². The van der Waals surface area contributed by atoms with Crippen molar-refractivity contribution in [1.29, 1.82) is 0 Å². The molecular formula is C15H19N5O2. The number of anilines is 1. The van der Waals surface area contributed by atoms with Gasteiger partial charge in [0.05, 0.1) is 10.4 Å². The summed E-state index contributed by atoms with van der Waals surface area (Å²) < 4.78 is 0. The molecule has 7 heteroatoms. The van der Waals surface area contributed by atoms with Crippen LogP contribution in [0.25, 0.3) is 10.9 Å². The average Bonchev–Trinajstić information content (AvgIpc) is 2.83. The van der Waals surface area contributed by atoms with Gasteiger partial charge in [0, 0.05) is 42.1 Å². The molecule has 0 saturated carbocycles. The van der Waals surface area contributed by atoms with Crippen molar-refractivity contribution < 1.29 is 4.92 Å². The van der Waals surface area contributed by atoms with Crippen LogP contribution < -0.4 is 16.2 Å². The lowest BCUT2D eigenvalue weighted by Crippen LogP contribution is -2.30. The molecule has 0 amide bonds. The van der Waals surface area contributed by atoms with Gasteiger partial charge in [0.2, 0.25) is 0 Å². The second kappa shape index (κ2) is 5.86. The Morgan fingerprint density at radius 2 is 1.95 bits per heavy atom. The minimum absolute atomic E-state index is 0.0840. The van der Waals surface area contributed by atoms with Gasteiger partial charge in [-0.2, -0.15) is 0 Å². The van der Waals surface area contributed by atoms with E-state index < -0.39 is 4.92 Å². The molecule has 0 spiro atoms. The number of hydrazine groups is 1. The maximum Gasteiger partial charge on any atom is 0.270 e. The number of nitrogens with zero attached hydrogens (tertiary/aromatic N) is 2. The van der Waals surface area contributed by atoms with Crippen LogP contribution >= 0.6 is 0 Å². The topological polar surface area (TPSA) is 92.1 Å². The molecule has 0 radical (unpaired) electrons. The summed E-state index contributed by atoms with van der Waals surface area (Å²) in [6.07, 6.45) is 0. The summed E-state index contributed by atoms with van der Waals surface area (Å²) in [5, 5.41) is 14.9. The van der Waals surface area contributed by atoms with Crippen LogP contribution in [0.4, 0.5) is 11.5 Å². The maximum absolute atomic E-state index is 10.8. The number of rotatable bonds is 4. The Kier molecular flexibility index (Phi) is 3.91. The van der Waals surface area contributed by atoms with Crippen molar-refractivity contribution >= 4 is 22.4 Å². The summed E-state index contributed by atoms with van der Waals surface area (Å²) in [6.45, 7) is 5.11. The van der Waals surface area contributed by atoms with E-state index in [0.717, 1.165) is 23.3 Å². The number of nitro groups is 1. The van der Waals surface area contributed by atoms with Crippen LogP contribution in [0.15, 0.2) is 30.3 Å². The van der Waals surface area contributed by atoms with Crippen molar-refractivity contribution in [2.45, 2.75) is 25.9 Å². The lowest BCUT2D eigenvalue weighted by molar-refractivity contribution is -0.384. The van der Waals surface area contributed by atoms with Crippen molar-refractivity contribution in [3.05, 3.63) is 40.4 Å². The highest BCUT2D eigenvalue weighted by Gasteiger charge is 2.29. The van der Waals surface area contributed by atoms with Gasteiger partial charge in [-0.1, -0.05) is 0 Å². The molecule has 116 valence electrons. The van der Waals surface area contributed by atoms with E-state index in [1.807, 2.05) is 12.1 Å². The molecule has 3 N–H and O–H groups in total. The number of aromatic nitrogens is 1. The minimum atomic E-state index is -0.394. The first-order valence-electron chi connectivity index (χ1n) is 7.35. The van der Waals surface area contributed by atoms with Crippen molar-refractivity contribution in [2.75, 3.05) is 11.9 Å². The summed E-state index contributed by atoms with van der Waals surface area (Å²) in [4.78, 5) is 14.9. The second-order valence-electron chi connectivity index (χ2n) is 5.74. The van der Waals surface area contributed by atoms with Gasteiger partial charge in [0.25, 0.3) is 5.69 Å². The Bertz CT molecular complexity index is 695. The monoisotopic (exact) mass is 301 g/mol. The Morgan fingerprint density at radius 3 is 2.64 bits per heavy atom. The van der Waals surface area contributed by atoms with Gasteiger partial charge in [-0.3, -0.25) is 21.0 Å². The van der Waals surface area contributed by atoms with Crippen molar-refractivity contribution in [3.63, 3.8) is 0 Å². The molecule has 0 aliphatic carbocycles. The standard InChI is InChI=1S/C15H19N5O2/c1-9-13(10(2)19-18-9)8-16-15-6-3-11-7-12(20(21)22)4-5-14(11)17-15/h3-7,9-10,13,18-19H,8H2,1-2H3,(H,16,17). The smallest absolute Gasteiger partial charge is 0.270 e. The van der Waals surface area contributed by atoms with E-state index in [9.17, 15) is 10.1 Å². The zero-order chi connectivity index (χ0) is 15.7. The first kappa shape index (κ1) is 14.7. The summed E-state index contributed by atoms with van der Waals surface area (Å²) in [6, 6.07) is 9.21. The molecule has 1 aliphatic rings. The number of hydrogen-bond donors (Lipinski definition) is 3. The third kappa shape index (κ3) is 2.86. The molecule has 1 saturated heterocycles. The average molecular weight is 301 g/mol. The lowest BCUT2D eigenvalue weighted by Gasteiger charge is -2.18. The van der Waals surface area contributed by atoms with Crippen molar-refractivity contribution in [3.8, 4) is 0 Å². The molecule has 3 rings (SSSR count). The largest absolute Gasteiger partial charge is 0.370 e.